The summed E-state index contributed by atoms with van der Waals surface area (Å²) in [4.78, 5) is 11.5. The van der Waals surface area contributed by atoms with Crippen LogP contribution in [0.25, 0.3) is 0 Å². The number of hydrogen-bond donors (Lipinski definition) is 2. The number of nitrogens with one attached hydrogen (secondary N) is 1. The smallest absolute Gasteiger partial charge is 0.257 e. The van der Waals surface area contributed by atoms with Crippen molar-refractivity contribution in [3.63, 3.8) is 0 Å². The summed E-state index contributed by atoms with van der Waals surface area (Å²) in [7, 11) is 1.64. The van der Waals surface area contributed by atoms with Gasteiger partial charge < -0.3 is 20.5 Å². The maximum Gasteiger partial charge on any atom is 0.257 e. The Labute approximate surface area is 114 Å². The second-order valence-corrected chi connectivity index (χ2v) is 4.35. The van der Waals surface area contributed by atoms with E-state index >= 15 is 0 Å². The zero-order valence-corrected chi connectivity index (χ0v) is 11.5. The van der Waals surface area contributed by atoms with Gasteiger partial charge in [0.1, 0.15) is 5.75 Å². The van der Waals surface area contributed by atoms with Crippen molar-refractivity contribution in [1.82, 2.24) is 5.32 Å². The molecule has 0 aromatic heterocycles. The highest BCUT2D eigenvalue weighted by Crippen LogP contribution is 2.17. The van der Waals surface area contributed by atoms with Gasteiger partial charge in [0.2, 0.25) is 0 Å². The van der Waals surface area contributed by atoms with Gasteiger partial charge >= 0.3 is 0 Å². The van der Waals surface area contributed by atoms with Gasteiger partial charge in [0.05, 0.1) is 0 Å². The highest BCUT2D eigenvalue weighted by molar-refractivity contribution is 5.77. The Morgan fingerprint density at radius 1 is 1.47 bits per heavy atom. The van der Waals surface area contributed by atoms with Crippen LogP contribution < -0.4 is 15.8 Å². The monoisotopic (exact) mass is 266 g/mol. The van der Waals surface area contributed by atoms with E-state index in [1.165, 1.54) is 0 Å². The lowest BCUT2D eigenvalue weighted by atomic mass is 10.1. The zero-order valence-electron chi connectivity index (χ0n) is 11.5. The van der Waals surface area contributed by atoms with Gasteiger partial charge in [-0.05, 0) is 31.0 Å². The van der Waals surface area contributed by atoms with Crippen molar-refractivity contribution >= 4 is 5.91 Å². The van der Waals surface area contributed by atoms with Crippen molar-refractivity contribution in [3.05, 3.63) is 29.8 Å². The van der Waals surface area contributed by atoms with E-state index in [-0.39, 0.29) is 18.6 Å². The molecular weight excluding hydrogens is 244 g/mol. The van der Waals surface area contributed by atoms with E-state index in [4.69, 9.17) is 15.2 Å². The van der Waals surface area contributed by atoms with Crippen LogP contribution >= 0.6 is 0 Å². The molecule has 0 saturated heterocycles. The third kappa shape index (κ3) is 6.22. The van der Waals surface area contributed by atoms with E-state index in [1.54, 1.807) is 7.11 Å². The number of rotatable bonds is 8. The second-order valence-electron chi connectivity index (χ2n) is 4.35. The van der Waals surface area contributed by atoms with Crippen LogP contribution in [0.1, 0.15) is 24.9 Å². The predicted octanol–water partition coefficient (Wildman–Crippen LogP) is 1.24. The van der Waals surface area contributed by atoms with Gasteiger partial charge in [0, 0.05) is 26.3 Å². The maximum atomic E-state index is 11.5. The first kappa shape index (κ1) is 15.5. The van der Waals surface area contributed by atoms with Gasteiger partial charge in [-0.2, -0.15) is 0 Å². The Morgan fingerprint density at radius 2 is 2.26 bits per heavy atom. The van der Waals surface area contributed by atoms with Crippen LogP contribution in [0.4, 0.5) is 0 Å². The molecule has 1 rings (SSSR count). The van der Waals surface area contributed by atoms with Crippen LogP contribution in [0.5, 0.6) is 5.75 Å². The van der Waals surface area contributed by atoms with Crippen molar-refractivity contribution in [2.75, 3.05) is 26.9 Å². The third-order valence-electron chi connectivity index (χ3n) is 2.60. The van der Waals surface area contributed by atoms with Gasteiger partial charge in [-0.25, -0.2) is 0 Å². The van der Waals surface area contributed by atoms with Gasteiger partial charge in [-0.3, -0.25) is 4.79 Å². The fraction of sp³-hybridized carbons (Fsp3) is 0.500. The first-order chi connectivity index (χ1) is 9.13. The van der Waals surface area contributed by atoms with E-state index in [2.05, 4.69) is 5.32 Å². The molecule has 0 aliphatic rings. The molecule has 3 N–H and O–H groups in total. The number of nitrogens with two attached hydrogens (primary N) is 1. The zero-order chi connectivity index (χ0) is 14.1. The average Bonchev–Trinajstić information content (AvgIpc) is 2.41. The molecule has 0 unspecified atom stereocenters. The normalized spacial score (nSPS) is 11.9. The summed E-state index contributed by atoms with van der Waals surface area (Å²) >= 11 is 0. The molecule has 0 radical (unpaired) electrons. The first-order valence-electron chi connectivity index (χ1n) is 6.37. The summed E-state index contributed by atoms with van der Waals surface area (Å²) < 4.78 is 10.3. The van der Waals surface area contributed by atoms with Gasteiger partial charge in [-0.1, -0.05) is 12.1 Å². The molecule has 0 bridgehead atoms. The number of methoxy groups -OCH3 is 1. The van der Waals surface area contributed by atoms with Gasteiger partial charge in [-0.15, -0.1) is 0 Å². The van der Waals surface area contributed by atoms with Crippen molar-refractivity contribution in [1.29, 1.82) is 0 Å². The molecule has 5 nitrogen and oxygen atoms in total. The molecule has 1 aromatic carbocycles. The average molecular weight is 266 g/mol. The van der Waals surface area contributed by atoms with Crippen LogP contribution in [0.2, 0.25) is 0 Å². The summed E-state index contributed by atoms with van der Waals surface area (Å²) in [6.07, 6.45) is 0.794. The Bertz CT molecular complexity index is 394. The SMILES string of the molecule is COCCCNC(=O)COc1cccc([C@H](C)N)c1. The molecule has 1 atom stereocenters. The third-order valence-corrected chi connectivity index (χ3v) is 2.60. The Balaban J connectivity index is 2.31. The van der Waals surface area contributed by atoms with Crippen molar-refractivity contribution in [2.24, 2.45) is 5.73 Å². The quantitative estimate of drug-likeness (QED) is 0.694. The number of amides is 1. The summed E-state index contributed by atoms with van der Waals surface area (Å²) in [6, 6.07) is 7.41. The molecule has 0 spiro atoms. The fourth-order valence-corrected chi connectivity index (χ4v) is 1.53. The van der Waals surface area contributed by atoms with Crippen LogP contribution in [0, 0.1) is 0 Å². The van der Waals surface area contributed by atoms with Crippen LogP contribution in [0.15, 0.2) is 24.3 Å². The minimum atomic E-state index is -0.137. The molecule has 5 heteroatoms. The lowest BCUT2D eigenvalue weighted by molar-refractivity contribution is -0.123. The molecule has 0 aliphatic heterocycles. The highest BCUT2D eigenvalue weighted by Gasteiger charge is 2.04. The minimum absolute atomic E-state index is 0.00931. The molecule has 0 heterocycles. The van der Waals surface area contributed by atoms with Crippen molar-refractivity contribution < 1.29 is 14.3 Å². The predicted molar refractivity (Wildman–Crippen MR) is 74.0 cm³/mol. The van der Waals surface area contributed by atoms with Crippen LogP contribution in [0.3, 0.4) is 0 Å². The number of carbonyl (C=O) groups excluding carboxylic acids is 1. The maximum absolute atomic E-state index is 11.5. The lowest BCUT2D eigenvalue weighted by Crippen LogP contribution is -2.30. The van der Waals surface area contributed by atoms with Gasteiger partial charge in [0.25, 0.3) is 5.91 Å². The van der Waals surface area contributed by atoms with E-state index in [0.717, 1.165) is 12.0 Å². The largest absolute Gasteiger partial charge is 0.484 e. The van der Waals surface area contributed by atoms with Crippen molar-refractivity contribution in [2.45, 2.75) is 19.4 Å². The molecule has 1 aromatic rings. The summed E-state index contributed by atoms with van der Waals surface area (Å²) in [5.74, 6) is 0.518. The topological polar surface area (TPSA) is 73.6 Å². The van der Waals surface area contributed by atoms with Gasteiger partial charge in [0.15, 0.2) is 6.61 Å². The molecule has 0 fully saturated rings. The Morgan fingerprint density at radius 3 is 2.95 bits per heavy atom. The lowest BCUT2D eigenvalue weighted by Gasteiger charge is -2.10. The molecule has 0 aliphatic carbocycles. The molecular formula is C14H22N2O3. The molecule has 106 valence electrons. The van der Waals surface area contributed by atoms with E-state index in [9.17, 15) is 4.79 Å². The summed E-state index contributed by atoms with van der Waals surface area (Å²) in [5.41, 5.74) is 6.77. The number of hydrogen-bond acceptors (Lipinski definition) is 4. The standard InChI is InChI=1S/C14H22N2O3/c1-11(15)12-5-3-6-13(9-12)19-10-14(17)16-7-4-8-18-2/h3,5-6,9,11H,4,7-8,10,15H2,1-2H3,(H,16,17)/t11-/m0/s1. The van der Waals surface area contributed by atoms with Crippen LogP contribution in [-0.2, 0) is 9.53 Å². The minimum Gasteiger partial charge on any atom is -0.484 e. The fourth-order valence-electron chi connectivity index (χ4n) is 1.53. The Hall–Kier alpha value is -1.59. The Kier molecular flexibility index (Phi) is 6.92. The second kappa shape index (κ2) is 8.50. The first-order valence-corrected chi connectivity index (χ1v) is 6.37. The molecule has 19 heavy (non-hydrogen) atoms. The van der Waals surface area contributed by atoms with Crippen molar-refractivity contribution in [3.8, 4) is 5.75 Å². The number of benzene rings is 1. The molecule has 0 saturated carbocycles. The summed E-state index contributed by atoms with van der Waals surface area (Å²) in [5, 5.41) is 2.76. The number of ether oxygens (including phenoxy) is 2. The highest BCUT2D eigenvalue weighted by atomic mass is 16.5. The summed E-state index contributed by atoms with van der Waals surface area (Å²) in [6.45, 7) is 3.14. The van der Waals surface area contributed by atoms with E-state index in [1.807, 2.05) is 31.2 Å². The van der Waals surface area contributed by atoms with Crippen LogP contribution in [-0.4, -0.2) is 32.8 Å². The van der Waals surface area contributed by atoms with E-state index < -0.39 is 0 Å². The van der Waals surface area contributed by atoms with E-state index in [0.29, 0.717) is 18.9 Å². The molecule has 1 amide bonds. The number of carbonyl (C=O) groups is 1.